The zero-order valence-electron chi connectivity index (χ0n) is 11.5. The highest BCUT2D eigenvalue weighted by atomic mass is 35.5. The van der Waals surface area contributed by atoms with Gasteiger partial charge in [0.15, 0.2) is 0 Å². The summed E-state index contributed by atoms with van der Waals surface area (Å²) in [6.07, 6.45) is 0.633. The van der Waals surface area contributed by atoms with Crippen molar-refractivity contribution in [1.82, 2.24) is 5.32 Å². The van der Waals surface area contributed by atoms with Gasteiger partial charge in [-0.1, -0.05) is 13.8 Å². The molecule has 0 saturated carbocycles. The van der Waals surface area contributed by atoms with E-state index in [2.05, 4.69) is 5.32 Å². The van der Waals surface area contributed by atoms with Gasteiger partial charge in [-0.3, -0.25) is 14.9 Å². The van der Waals surface area contributed by atoms with Crippen molar-refractivity contribution in [3.8, 4) is 0 Å². The molecule has 0 aliphatic heterocycles. The lowest BCUT2D eigenvalue weighted by atomic mass is 10.1. The van der Waals surface area contributed by atoms with Gasteiger partial charge in [-0.15, -0.1) is 11.6 Å². The molecule has 1 atom stereocenters. The quantitative estimate of drug-likeness (QED) is 0.497. The molecule has 0 saturated heterocycles. The number of benzene rings is 1. The number of nitrogens with zero attached hydrogens (tertiary/aromatic N) is 1. The lowest BCUT2D eigenvalue weighted by Crippen LogP contribution is -2.31. The highest BCUT2D eigenvalue weighted by Gasteiger charge is 2.24. The lowest BCUT2D eigenvalue weighted by Gasteiger charge is -2.13. The number of nitrogens with one attached hydrogen (secondary N) is 1. The maximum absolute atomic E-state index is 13.8. The molecule has 1 amide bonds. The number of hydrogen-bond donors (Lipinski definition) is 1. The van der Waals surface area contributed by atoms with Crippen LogP contribution in [0.2, 0.25) is 0 Å². The molecule has 0 aliphatic rings. The first-order valence-corrected chi connectivity index (χ1v) is 6.71. The molecule has 0 bridgehead atoms. The minimum Gasteiger partial charge on any atom is -0.350 e. The summed E-state index contributed by atoms with van der Waals surface area (Å²) in [5.41, 5.74) is -1.79. The fourth-order valence-corrected chi connectivity index (χ4v) is 2.20. The van der Waals surface area contributed by atoms with Gasteiger partial charge in [0.25, 0.3) is 5.91 Å². The van der Waals surface area contributed by atoms with E-state index in [-0.39, 0.29) is 11.9 Å². The van der Waals surface area contributed by atoms with E-state index >= 15 is 0 Å². The molecule has 1 rings (SSSR count). The summed E-state index contributed by atoms with van der Waals surface area (Å²) in [6.45, 7) is 3.96. The molecule has 0 aromatic heterocycles. The highest BCUT2D eigenvalue weighted by molar-refractivity contribution is 6.21. The lowest BCUT2D eigenvalue weighted by molar-refractivity contribution is -0.387. The van der Waals surface area contributed by atoms with E-state index in [9.17, 15) is 23.7 Å². The van der Waals surface area contributed by atoms with Gasteiger partial charge >= 0.3 is 5.69 Å². The number of amides is 1. The van der Waals surface area contributed by atoms with Crippen molar-refractivity contribution in [2.24, 2.45) is 5.92 Å². The van der Waals surface area contributed by atoms with Gasteiger partial charge in [0.05, 0.1) is 21.9 Å². The molecule has 21 heavy (non-hydrogen) atoms. The summed E-state index contributed by atoms with van der Waals surface area (Å²) in [5.74, 6) is -3.05. The van der Waals surface area contributed by atoms with Crippen LogP contribution in [-0.4, -0.2) is 22.8 Å². The Balaban J connectivity index is 2.86. The first-order chi connectivity index (χ1) is 9.72. The largest absolute Gasteiger partial charge is 0.350 e. The molecular formula is C13H15ClF2N2O3. The molecule has 1 aromatic rings. The van der Waals surface area contributed by atoms with Crippen LogP contribution in [0.1, 0.15) is 30.6 Å². The topological polar surface area (TPSA) is 72.2 Å². The molecule has 0 heterocycles. The Morgan fingerprint density at radius 2 is 2.05 bits per heavy atom. The summed E-state index contributed by atoms with van der Waals surface area (Å²) < 4.78 is 27.0. The van der Waals surface area contributed by atoms with Crippen LogP contribution in [-0.2, 0) is 0 Å². The summed E-state index contributed by atoms with van der Waals surface area (Å²) in [4.78, 5) is 21.3. The van der Waals surface area contributed by atoms with Gasteiger partial charge in [-0.05, 0) is 18.4 Å². The Labute approximate surface area is 125 Å². The van der Waals surface area contributed by atoms with Crippen LogP contribution in [0.3, 0.4) is 0 Å². The van der Waals surface area contributed by atoms with Crippen LogP contribution in [0.25, 0.3) is 0 Å². The molecule has 116 valence electrons. The number of alkyl halides is 1. The van der Waals surface area contributed by atoms with Gasteiger partial charge in [0.1, 0.15) is 5.82 Å². The van der Waals surface area contributed by atoms with Crippen molar-refractivity contribution in [3.63, 3.8) is 0 Å². The van der Waals surface area contributed by atoms with Gasteiger partial charge < -0.3 is 5.32 Å². The molecule has 8 heteroatoms. The third-order valence-electron chi connectivity index (χ3n) is 2.67. The average molecular weight is 321 g/mol. The number of halogens is 3. The van der Waals surface area contributed by atoms with E-state index in [1.54, 1.807) is 0 Å². The Kier molecular flexibility index (Phi) is 6.02. The Bertz CT molecular complexity index is 552. The SMILES string of the molecule is CC(C)CC(Cl)CNC(=O)c1cc(F)cc([N+](=O)[O-])c1F. The molecule has 1 aromatic carbocycles. The van der Waals surface area contributed by atoms with Crippen LogP contribution >= 0.6 is 11.6 Å². The molecule has 0 aliphatic carbocycles. The highest BCUT2D eigenvalue weighted by Crippen LogP contribution is 2.22. The van der Waals surface area contributed by atoms with Gasteiger partial charge in [-0.25, -0.2) is 4.39 Å². The number of nitro benzene ring substituents is 1. The second kappa shape index (κ2) is 7.31. The first-order valence-electron chi connectivity index (χ1n) is 6.28. The van der Waals surface area contributed by atoms with Crippen molar-refractivity contribution in [2.45, 2.75) is 25.6 Å². The third-order valence-corrected chi connectivity index (χ3v) is 3.00. The second-order valence-electron chi connectivity index (χ2n) is 4.98. The van der Waals surface area contributed by atoms with E-state index in [0.29, 0.717) is 24.5 Å². The van der Waals surface area contributed by atoms with E-state index in [1.165, 1.54) is 0 Å². The predicted octanol–water partition coefficient (Wildman–Crippen LogP) is 3.26. The van der Waals surface area contributed by atoms with Crippen LogP contribution in [0, 0.1) is 27.7 Å². The molecule has 5 nitrogen and oxygen atoms in total. The minimum absolute atomic E-state index is 0.0579. The predicted molar refractivity (Wildman–Crippen MR) is 74.4 cm³/mol. The fourth-order valence-electron chi connectivity index (χ4n) is 1.77. The van der Waals surface area contributed by atoms with Gasteiger partial charge in [0, 0.05) is 6.54 Å². The van der Waals surface area contributed by atoms with E-state index < -0.39 is 33.7 Å². The molecule has 1 N–H and O–H groups in total. The summed E-state index contributed by atoms with van der Waals surface area (Å²) in [5, 5.41) is 12.6. The van der Waals surface area contributed by atoms with Crippen molar-refractivity contribution in [2.75, 3.05) is 6.54 Å². The third kappa shape index (κ3) is 4.93. The van der Waals surface area contributed by atoms with Crippen LogP contribution in [0.5, 0.6) is 0 Å². The number of nitro groups is 1. The van der Waals surface area contributed by atoms with Gasteiger partial charge in [-0.2, -0.15) is 4.39 Å². The van der Waals surface area contributed by atoms with Crippen molar-refractivity contribution in [1.29, 1.82) is 0 Å². The first kappa shape index (κ1) is 17.3. The van der Waals surface area contributed by atoms with Crippen LogP contribution in [0.15, 0.2) is 12.1 Å². The Morgan fingerprint density at radius 1 is 1.43 bits per heavy atom. The van der Waals surface area contributed by atoms with E-state index in [0.717, 1.165) is 0 Å². The van der Waals surface area contributed by atoms with Crippen molar-refractivity contribution in [3.05, 3.63) is 39.4 Å². The molecule has 0 fully saturated rings. The maximum Gasteiger partial charge on any atom is 0.308 e. The smallest absolute Gasteiger partial charge is 0.308 e. The monoisotopic (exact) mass is 320 g/mol. The van der Waals surface area contributed by atoms with Crippen molar-refractivity contribution >= 4 is 23.2 Å². The number of carbonyl (C=O) groups excluding carboxylic acids is 1. The molecule has 0 radical (unpaired) electrons. The molecule has 1 unspecified atom stereocenters. The zero-order valence-corrected chi connectivity index (χ0v) is 12.3. The number of rotatable bonds is 6. The second-order valence-corrected chi connectivity index (χ2v) is 5.60. The van der Waals surface area contributed by atoms with Crippen LogP contribution < -0.4 is 5.32 Å². The van der Waals surface area contributed by atoms with Crippen molar-refractivity contribution < 1.29 is 18.5 Å². The summed E-state index contributed by atoms with van der Waals surface area (Å²) in [6, 6.07) is 1.04. The summed E-state index contributed by atoms with van der Waals surface area (Å²) in [7, 11) is 0. The Morgan fingerprint density at radius 3 is 2.57 bits per heavy atom. The normalized spacial score (nSPS) is 12.3. The van der Waals surface area contributed by atoms with Gasteiger partial charge in [0.2, 0.25) is 5.82 Å². The summed E-state index contributed by atoms with van der Waals surface area (Å²) >= 11 is 5.97. The average Bonchev–Trinajstić information content (AvgIpc) is 2.37. The maximum atomic E-state index is 13.8. The van der Waals surface area contributed by atoms with E-state index in [1.807, 2.05) is 13.8 Å². The number of carbonyl (C=O) groups is 1. The Hall–Kier alpha value is -1.76. The van der Waals surface area contributed by atoms with Crippen LogP contribution in [0.4, 0.5) is 14.5 Å². The number of hydrogen-bond acceptors (Lipinski definition) is 3. The molecular weight excluding hydrogens is 306 g/mol. The standard InChI is InChI=1S/C13H15ClF2N2O3/c1-7(2)3-8(14)6-17-13(19)10-4-9(15)5-11(12(10)16)18(20)21/h4-5,7-8H,3,6H2,1-2H3,(H,17,19). The van der Waals surface area contributed by atoms with E-state index in [4.69, 9.17) is 11.6 Å². The minimum atomic E-state index is -1.37. The molecule has 0 spiro atoms. The zero-order chi connectivity index (χ0) is 16.2. The fraction of sp³-hybridized carbons (Fsp3) is 0.462.